The first-order valence-electron chi connectivity index (χ1n) is 23.6. The average Bonchev–Trinajstić information content (AvgIpc) is 3.22. The molecule has 0 heterocycles. The van der Waals surface area contributed by atoms with Gasteiger partial charge in [0.15, 0.2) is 0 Å². The molecule has 0 aromatic rings. The molecular formula is C40H80O23P4. The third kappa shape index (κ3) is 33.7. The first kappa shape index (κ1) is 64.4. The van der Waals surface area contributed by atoms with E-state index in [-0.39, 0.29) is 13.2 Å². The summed E-state index contributed by atoms with van der Waals surface area (Å²) in [5, 5.41) is 21.8. The molecule has 0 saturated heterocycles. The number of aliphatic hydroxyl groups excluding tert-OH is 2. The van der Waals surface area contributed by atoms with Crippen LogP contribution in [0.1, 0.15) is 174 Å². The van der Waals surface area contributed by atoms with Crippen molar-refractivity contribution in [2.45, 2.75) is 217 Å². The number of esters is 1. The third-order valence-electron chi connectivity index (χ3n) is 10.7. The van der Waals surface area contributed by atoms with Gasteiger partial charge in [-0.2, -0.15) is 0 Å². The van der Waals surface area contributed by atoms with Gasteiger partial charge in [0.25, 0.3) is 0 Å². The van der Waals surface area contributed by atoms with E-state index >= 15 is 0 Å². The van der Waals surface area contributed by atoms with E-state index in [1.807, 2.05) is 6.92 Å². The Balaban J connectivity index is 2.85. The summed E-state index contributed by atoms with van der Waals surface area (Å²) < 4.78 is 87.8. The quantitative estimate of drug-likeness (QED) is 0.0129. The lowest BCUT2D eigenvalue weighted by atomic mass is 9.85. The highest BCUT2D eigenvalue weighted by atomic mass is 31.2. The van der Waals surface area contributed by atoms with Crippen LogP contribution in [0.15, 0.2) is 0 Å². The van der Waals surface area contributed by atoms with Crippen molar-refractivity contribution < 1.29 is 109 Å². The van der Waals surface area contributed by atoms with Gasteiger partial charge >= 0.3 is 37.3 Å². The van der Waals surface area contributed by atoms with Crippen molar-refractivity contribution in [2.75, 3.05) is 26.6 Å². The largest absolute Gasteiger partial charge is 0.472 e. The maximum atomic E-state index is 13.2. The number of rotatable bonds is 43. The normalized spacial score (nSPS) is 21.8. The number of phosphoric ester groups is 4. The van der Waals surface area contributed by atoms with Crippen molar-refractivity contribution in [1.82, 2.24) is 0 Å². The molecule has 0 radical (unpaired) electrons. The Bertz CT molecular complexity index is 1490. The highest BCUT2D eigenvalue weighted by Crippen LogP contribution is 2.53. The van der Waals surface area contributed by atoms with E-state index in [2.05, 4.69) is 20.5 Å². The first-order chi connectivity index (χ1) is 31.5. The first-order valence-corrected chi connectivity index (χ1v) is 29.7. The summed E-state index contributed by atoms with van der Waals surface area (Å²) in [4.78, 5) is 91.6. The number of aliphatic hydroxyl groups is 2. The minimum atomic E-state index is -5.77. The zero-order valence-corrected chi connectivity index (χ0v) is 42.7. The maximum Gasteiger partial charge on any atom is 0.472 e. The van der Waals surface area contributed by atoms with E-state index in [0.717, 1.165) is 89.9 Å². The molecule has 0 aromatic carbocycles. The molecule has 0 bridgehead atoms. The monoisotopic (exact) mass is 1050 g/mol. The van der Waals surface area contributed by atoms with E-state index in [1.165, 1.54) is 44.9 Å². The topological polar surface area (TPSA) is 358 Å². The lowest BCUT2D eigenvalue weighted by Crippen LogP contribution is -2.65. The van der Waals surface area contributed by atoms with Crippen LogP contribution < -0.4 is 0 Å². The number of carbonyl (C=O) groups is 2. The zero-order valence-electron chi connectivity index (χ0n) is 39.1. The van der Waals surface area contributed by atoms with Crippen LogP contribution in [0, 0.1) is 0 Å². The molecule has 4 unspecified atom stereocenters. The van der Waals surface area contributed by atoms with Gasteiger partial charge in [-0.15, -0.1) is 0 Å². The number of Topliss-reactive ketones (excluding diaryl/α,β-unsaturated/α-hetero) is 1. The Morgan fingerprint density at radius 2 is 0.881 bits per heavy atom. The molecule has 8 atom stereocenters. The predicted octanol–water partition coefficient (Wildman–Crippen LogP) is 6.92. The number of ketones is 1. The lowest BCUT2D eigenvalue weighted by molar-refractivity contribution is -0.209. The Morgan fingerprint density at radius 1 is 0.463 bits per heavy atom. The second-order valence-corrected chi connectivity index (χ2v) is 21.8. The summed E-state index contributed by atoms with van der Waals surface area (Å²) in [6, 6.07) is 0. The summed E-state index contributed by atoms with van der Waals surface area (Å²) >= 11 is 0. The van der Waals surface area contributed by atoms with Gasteiger partial charge in [0.05, 0.1) is 13.2 Å². The van der Waals surface area contributed by atoms with Crippen LogP contribution in [0.3, 0.4) is 0 Å². The van der Waals surface area contributed by atoms with E-state index in [0.29, 0.717) is 31.7 Å². The fraction of sp³-hybridized carbons (Fsp3) is 0.950. The molecule has 27 heteroatoms. The van der Waals surface area contributed by atoms with Crippen LogP contribution in [0.4, 0.5) is 0 Å². The maximum absolute atomic E-state index is 13.2. The Kier molecular flexibility index (Phi) is 34.2. The molecule has 0 aromatic heterocycles. The van der Waals surface area contributed by atoms with Crippen molar-refractivity contribution in [1.29, 1.82) is 0 Å². The average molecular weight is 1050 g/mol. The summed E-state index contributed by atoms with van der Waals surface area (Å²) in [5.74, 6) is -0.371. The fourth-order valence-electron chi connectivity index (χ4n) is 7.41. The summed E-state index contributed by atoms with van der Waals surface area (Å²) in [5.41, 5.74) is 0. The van der Waals surface area contributed by atoms with Crippen molar-refractivity contribution in [3.8, 4) is 0 Å². The molecular weight excluding hydrogens is 972 g/mol. The molecule has 0 amide bonds. The molecule has 1 fully saturated rings. The van der Waals surface area contributed by atoms with Crippen molar-refractivity contribution in [2.24, 2.45) is 0 Å². The van der Waals surface area contributed by atoms with E-state index in [4.69, 9.17) is 23.3 Å². The Hall–Kier alpha value is -0.580. The second-order valence-electron chi connectivity index (χ2n) is 16.9. The van der Waals surface area contributed by atoms with E-state index < -0.39 is 93.2 Å². The van der Waals surface area contributed by atoms with Crippen LogP contribution >= 0.6 is 31.3 Å². The van der Waals surface area contributed by atoms with Crippen LogP contribution in [0.25, 0.3) is 0 Å². The molecule has 1 rings (SSSR count). The second kappa shape index (κ2) is 35.5. The Morgan fingerprint density at radius 3 is 1.33 bits per heavy atom. The lowest BCUT2D eigenvalue weighted by Gasteiger charge is -2.45. The minimum Gasteiger partial charge on any atom is -0.457 e. The molecule has 1 aliphatic carbocycles. The predicted molar refractivity (Wildman–Crippen MR) is 242 cm³/mol. The van der Waals surface area contributed by atoms with Crippen LogP contribution in [-0.4, -0.2) is 126 Å². The molecule has 23 nitrogen and oxygen atoms in total. The van der Waals surface area contributed by atoms with Gasteiger partial charge in [0.1, 0.15) is 55.3 Å². The van der Waals surface area contributed by atoms with Gasteiger partial charge in [-0.3, -0.25) is 32.2 Å². The van der Waals surface area contributed by atoms with Gasteiger partial charge in [0, 0.05) is 25.9 Å². The highest BCUT2D eigenvalue weighted by molar-refractivity contribution is 7.47. The summed E-state index contributed by atoms with van der Waals surface area (Å²) in [7, 11) is -22.9. The van der Waals surface area contributed by atoms with Gasteiger partial charge in [-0.1, -0.05) is 129 Å². The Labute approximate surface area is 395 Å². The van der Waals surface area contributed by atoms with Crippen molar-refractivity contribution >= 4 is 43.0 Å². The fourth-order valence-corrected chi connectivity index (χ4v) is 10.1. The minimum absolute atomic E-state index is 0.00307. The van der Waals surface area contributed by atoms with E-state index in [1.54, 1.807) is 0 Å². The van der Waals surface area contributed by atoms with Crippen molar-refractivity contribution in [3.63, 3.8) is 0 Å². The smallest absolute Gasteiger partial charge is 0.457 e. The number of hydrogen-bond acceptors (Lipinski definition) is 16. The van der Waals surface area contributed by atoms with Gasteiger partial charge in [-0.25, -0.2) is 18.3 Å². The number of unbranched alkanes of at least 4 members (excludes halogenated alkanes) is 19. The van der Waals surface area contributed by atoms with Gasteiger partial charge in [0.2, 0.25) is 0 Å². The molecule has 1 aliphatic rings. The van der Waals surface area contributed by atoms with E-state index in [9.17, 15) is 72.3 Å². The summed E-state index contributed by atoms with van der Waals surface area (Å²) in [6.07, 6.45) is 6.43. The van der Waals surface area contributed by atoms with Gasteiger partial charge in [-0.05, 0) is 25.7 Å². The van der Waals surface area contributed by atoms with Crippen molar-refractivity contribution in [3.05, 3.63) is 0 Å². The van der Waals surface area contributed by atoms with Crippen LogP contribution in [-0.2, 0) is 64.7 Å². The number of hydrogen-bond donors (Lipinski definition) is 9. The van der Waals surface area contributed by atoms with Gasteiger partial charge < -0.3 is 58.7 Å². The third-order valence-corrected chi connectivity index (χ3v) is 13.3. The molecule has 1 saturated carbocycles. The standard InChI is InChI=1S/C40H80O23P4/c1-3-5-6-7-8-9-10-11-12-13-17-20-23-27-34(42)59-33(29-57-31-56-28-24-21-18-15-14-16-19-22-26-32(41)25-4-2)30-58-67(54,55)63-37-35(43)38(60-64(45,46)47)40(62-66(51,52)53)39(36(37)44)61-65(48,49)50/h33,35-40,43-44H,3-31H2,1-2H3,(H,54,55)(H2,45,46,47)(H2,48,49,50)(H2,51,52,53)/t33-,35-,36?,37?,38-,39+,40?/m1/s1. The number of phosphoric acid groups is 4. The number of ether oxygens (including phenoxy) is 3. The summed E-state index contributed by atoms with van der Waals surface area (Å²) in [6.45, 7) is 2.95. The van der Waals surface area contributed by atoms with Crippen LogP contribution in [0.2, 0.25) is 0 Å². The molecule has 0 spiro atoms. The highest BCUT2D eigenvalue weighted by Gasteiger charge is 2.59. The zero-order chi connectivity index (χ0) is 50.4. The molecule has 398 valence electrons. The molecule has 9 N–H and O–H groups in total. The molecule has 67 heavy (non-hydrogen) atoms. The molecule has 0 aliphatic heterocycles. The number of carbonyl (C=O) groups excluding carboxylic acids is 2. The van der Waals surface area contributed by atoms with Crippen LogP contribution in [0.5, 0.6) is 0 Å². The SMILES string of the molecule is CCCCCCCCCCCCCCCC(=O)O[C@H](COCOCCCCCCCCCCC(=O)CCC)COP(=O)(O)OC1C(O)[C@H](OP(=O)(O)O)C(OP(=O)(O)O)[C@H](OP(=O)(O)O)[C@@H]1O.